The molecule has 4 heteroatoms. The van der Waals surface area contributed by atoms with Crippen LogP contribution in [0.1, 0.15) is 37.9 Å². The molecule has 19 heavy (non-hydrogen) atoms. The van der Waals surface area contributed by atoms with Gasteiger partial charge in [0.05, 0.1) is 12.1 Å². The fourth-order valence-electron chi connectivity index (χ4n) is 2.47. The maximum absolute atomic E-state index is 12.1. The molecule has 1 aromatic rings. The van der Waals surface area contributed by atoms with Gasteiger partial charge in [0.25, 0.3) is 0 Å². The van der Waals surface area contributed by atoms with E-state index < -0.39 is 17.8 Å². The van der Waals surface area contributed by atoms with Crippen molar-refractivity contribution >= 4 is 6.09 Å². The first kappa shape index (κ1) is 13.9. The third-order valence-electron chi connectivity index (χ3n) is 3.27. The SMILES string of the molecule is CN(C(=O)OC(C)(C)C)[C@H]1c2ccccc2C[C@@H]1O. The predicted molar refractivity (Wildman–Crippen MR) is 72.9 cm³/mol. The maximum atomic E-state index is 12.1. The highest BCUT2D eigenvalue weighted by Crippen LogP contribution is 2.35. The van der Waals surface area contributed by atoms with Gasteiger partial charge in [-0.3, -0.25) is 0 Å². The van der Waals surface area contributed by atoms with Crippen LogP contribution >= 0.6 is 0 Å². The third kappa shape index (κ3) is 2.89. The van der Waals surface area contributed by atoms with Crippen LogP contribution in [0.2, 0.25) is 0 Å². The minimum absolute atomic E-state index is 0.328. The number of nitrogens with zero attached hydrogens (tertiary/aromatic N) is 1. The van der Waals surface area contributed by atoms with Crippen molar-refractivity contribution in [3.8, 4) is 0 Å². The van der Waals surface area contributed by atoms with E-state index in [0.29, 0.717) is 6.42 Å². The van der Waals surface area contributed by atoms with Crippen molar-refractivity contribution in [2.45, 2.75) is 44.9 Å². The molecule has 1 N–H and O–H groups in total. The van der Waals surface area contributed by atoms with E-state index in [1.165, 1.54) is 4.90 Å². The maximum Gasteiger partial charge on any atom is 0.410 e. The first-order valence-corrected chi connectivity index (χ1v) is 6.51. The largest absolute Gasteiger partial charge is 0.444 e. The van der Waals surface area contributed by atoms with Crippen LogP contribution in [0.4, 0.5) is 4.79 Å². The number of carbonyl (C=O) groups is 1. The highest BCUT2D eigenvalue weighted by molar-refractivity contribution is 5.69. The molecule has 0 saturated carbocycles. The van der Waals surface area contributed by atoms with Crippen molar-refractivity contribution in [2.24, 2.45) is 0 Å². The number of rotatable bonds is 1. The molecule has 1 aliphatic carbocycles. The van der Waals surface area contributed by atoms with E-state index in [1.54, 1.807) is 7.05 Å². The first-order valence-electron chi connectivity index (χ1n) is 6.51. The first-order chi connectivity index (χ1) is 8.79. The third-order valence-corrected chi connectivity index (χ3v) is 3.27. The van der Waals surface area contributed by atoms with E-state index >= 15 is 0 Å². The number of amides is 1. The number of likely N-dealkylation sites (N-methyl/N-ethyl adjacent to an activating group) is 1. The number of aliphatic hydroxyl groups excluding tert-OH is 1. The van der Waals surface area contributed by atoms with Gasteiger partial charge in [0.1, 0.15) is 5.60 Å². The van der Waals surface area contributed by atoms with Crippen molar-refractivity contribution in [3.63, 3.8) is 0 Å². The molecule has 0 aromatic heterocycles. The van der Waals surface area contributed by atoms with Gasteiger partial charge in [-0.25, -0.2) is 4.79 Å². The van der Waals surface area contributed by atoms with E-state index in [4.69, 9.17) is 4.74 Å². The van der Waals surface area contributed by atoms with Crippen LogP contribution in [0.25, 0.3) is 0 Å². The van der Waals surface area contributed by atoms with E-state index in [-0.39, 0.29) is 6.04 Å². The van der Waals surface area contributed by atoms with Crippen molar-refractivity contribution in [1.29, 1.82) is 0 Å². The molecule has 0 spiro atoms. The average Bonchev–Trinajstić information content (AvgIpc) is 2.61. The molecule has 0 bridgehead atoms. The number of ether oxygens (including phenoxy) is 1. The Hall–Kier alpha value is -1.55. The summed E-state index contributed by atoms with van der Waals surface area (Å²) in [5, 5.41) is 10.2. The number of hydrogen-bond acceptors (Lipinski definition) is 3. The minimum Gasteiger partial charge on any atom is -0.444 e. The average molecular weight is 263 g/mol. The molecule has 2 atom stereocenters. The van der Waals surface area contributed by atoms with Gasteiger partial charge in [-0.1, -0.05) is 24.3 Å². The van der Waals surface area contributed by atoms with Crippen molar-refractivity contribution < 1.29 is 14.6 Å². The lowest BCUT2D eigenvalue weighted by molar-refractivity contribution is 0.00532. The summed E-state index contributed by atoms with van der Waals surface area (Å²) in [6, 6.07) is 7.48. The zero-order valence-corrected chi connectivity index (χ0v) is 11.9. The van der Waals surface area contributed by atoms with Gasteiger partial charge in [0.2, 0.25) is 0 Å². The highest BCUT2D eigenvalue weighted by atomic mass is 16.6. The summed E-state index contributed by atoms with van der Waals surface area (Å²) >= 11 is 0. The highest BCUT2D eigenvalue weighted by Gasteiger charge is 2.37. The molecule has 2 rings (SSSR count). The Morgan fingerprint density at radius 3 is 2.63 bits per heavy atom. The second-order valence-electron chi connectivity index (χ2n) is 6.01. The number of fused-ring (bicyclic) bond motifs is 1. The lowest BCUT2D eigenvalue weighted by Crippen LogP contribution is -2.39. The van der Waals surface area contributed by atoms with Gasteiger partial charge < -0.3 is 14.7 Å². The van der Waals surface area contributed by atoms with E-state index in [0.717, 1.165) is 11.1 Å². The number of benzene rings is 1. The molecule has 0 saturated heterocycles. The predicted octanol–water partition coefficient (Wildman–Crippen LogP) is 2.51. The van der Waals surface area contributed by atoms with Gasteiger partial charge in [-0.2, -0.15) is 0 Å². The lowest BCUT2D eigenvalue weighted by Gasteiger charge is -2.30. The van der Waals surface area contributed by atoms with Crippen LogP contribution in [0.15, 0.2) is 24.3 Å². The van der Waals surface area contributed by atoms with E-state index in [9.17, 15) is 9.90 Å². The number of aliphatic hydroxyl groups is 1. The summed E-state index contributed by atoms with van der Waals surface area (Å²) in [6.07, 6.45) is -0.406. The molecular formula is C15H21NO3. The van der Waals surface area contributed by atoms with Crippen LogP contribution in [0, 0.1) is 0 Å². The summed E-state index contributed by atoms with van der Waals surface area (Å²) in [4.78, 5) is 13.6. The van der Waals surface area contributed by atoms with Crippen LogP contribution < -0.4 is 0 Å². The van der Waals surface area contributed by atoms with Gasteiger partial charge in [0, 0.05) is 13.5 Å². The van der Waals surface area contributed by atoms with Crippen LogP contribution in [0.3, 0.4) is 0 Å². The zero-order valence-electron chi connectivity index (χ0n) is 11.9. The molecule has 104 valence electrons. The van der Waals surface area contributed by atoms with Gasteiger partial charge in [0.15, 0.2) is 0 Å². The molecule has 1 aromatic carbocycles. The van der Waals surface area contributed by atoms with Crippen molar-refractivity contribution in [1.82, 2.24) is 4.90 Å². The minimum atomic E-state index is -0.574. The molecule has 0 fully saturated rings. The Morgan fingerprint density at radius 2 is 2.00 bits per heavy atom. The number of carbonyl (C=O) groups excluding carboxylic acids is 1. The number of hydrogen-bond donors (Lipinski definition) is 1. The van der Waals surface area contributed by atoms with Gasteiger partial charge >= 0.3 is 6.09 Å². The van der Waals surface area contributed by atoms with E-state index in [2.05, 4.69) is 0 Å². The topological polar surface area (TPSA) is 49.8 Å². The molecule has 0 radical (unpaired) electrons. The summed E-state index contributed by atoms with van der Waals surface area (Å²) < 4.78 is 5.35. The Kier molecular flexibility index (Phi) is 3.54. The van der Waals surface area contributed by atoms with Crippen LogP contribution in [-0.4, -0.2) is 34.9 Å². The van der Waals surface area contributed by atoms with Crippen LogP contribution in [-0.2, 0) is 11.2 Å². The van der Waals surface area contributed by atoms with Gasteiger partial charge in [-0.15, -0.1) is 0 Å². The molecule has 4 nitrogen and oxygen atoms in total. The second-order valence-corrected chi connectivity index (χ2v) is 6.01. The Morgan fingerprint density at radius 1 is 1.37 bits per heavy atom. The summed E-state index contributed by atoms with van der Waals surface area (Å²) in [5.74, 6) is 0. The standard InChI is InChI=1S/C15H21NO3/c1-15(2,3)19-14(18)16(4)13-11-8-6-5-7-10(11)9-12(13)17/h5-8,12-13,17H,9H2,1-4H3/t12-,13-/m0/s1. The lowest BCUT2D eigenvalue weighted by atomic mass is 10.1. The van der Waals surface area contributed by atoms with Crippen molar-refractivity contribution in [3.05, 3.63) is 35.4 Å². The Labute approximate surface area is 114 Å². The van der Waals surface area contributed by atoms with Crippen molar-refractivity contribution in [2.75, 3.05) is 7.05 Å². The fourth-order valence-corrected chi connectivity index (χ4v) is 2.47. The zero-order chi connectivity index (χ0) is 14.2. The fraction of sp³-hybridized carbons (Fsp3) is 0.533. The molecule has 0 unspecified atom stereocenters. The normalized spacial score (nSPS) is 21.9. The van der Waals surface area contributed by atoms with Gasteiger partial charge in [-0.05, 0) is 31.9 Å². The summed E-state index contributed by atoms with van der Waals surface area (Å²) in [7, 11) is 1.67. The molecule has 0 heterocycles. The van der Waals surface area contributed by atoms with E-state index in [1.807, 2.05) is 45.0 Å². The monoisotopic (exact) mass is 263 g/mol. The molecular weight excluding hydrogens is 242 g/mol. The molecule has 0 aliphatic heterocycles. The molecule has 1 amide bonds. The molecule has 1 aliphatic rings. The Balaban J connectivity index is 2.20. The summed E-state index contributed by atoms with van der Waals surface area (Å²) in [5.41, 5.74) is 1.56. The summed E-state index contributed by atoms with van der Waals surface area (Å²) in [6.45, 7) is 5.49. The quantitative estimate of drug-likeness (QED) is 0.847. The Bertz CT molecular complexity index is 479. The second kappa shape index (κ2) is 4.85. The smallest absolute Gasteiger partial charge is 0.410 e. The van der Waals surface area contributed by atoms with Crippen LogP contribution in [0.5, 0.6) is 0 Å².